The molecule has 4 heterocycles. The van der Waals surface area contributed by atoms with Gasteiger partial charge in [0.1, 0.15) is 0 Å². The first kappa shape index (κ1) is 18.4. The molecule has 1 saturated heterocycles. The number of H-pyrrole nitrogens is 3. The van der Waals surface area contributed by atoms with E-state index in [1.807, 2.05) is 0 Å². The molecule has 7 nitrogen and oxygen atoms in total. The number of likely N-dealkylation sites (tertiary alicyclic amines) is 1. The number of nitrogens with zero attached hydrogens (tertiary/aromatic N) is 3. The van der Waals surface area contributed by atoms with Crippen molar-refractivity contribution in [1.29, 1.82) is 0 Å². The predicted molar refractivity (Wildman–Crippen MR) is 112 cm³/mol. The summed E-state index contributed by atoms with van der Waals surface area (Å²) in [6, 6.07) is 0. The Morgan fingerprint density at radius 3 is 2.66 bits per heavy atom. The number of fused-ring (bicyclic) bond motifs is 1. The van der Waals surface area contributed by atoms with Crippen LogP contribution in [-0.2, 0) is 25.8 Å². The van der Waals surface area contributed by atoms with Crippen molar-refractivity contribution in [3.63, 3.8) is 0 Å². The molecule has 0 saturated carbocycles. The summed E-state index contributed by atoms with van der Waals surface area (Å²) in [5, 5.41) is 5.37. The molecule has 0 radical (unpaired) electrons. The van der Waals surface area contributed by atoms with E-state index in [0.29, 0.717) is 17.7 Å². The summed E-state index contributed by atoms with van der Waals surface area (Å²) in [6.45, 7) is 3.39. The summed E-state index contributed by atoms with van der Waals surface area (Å²) >= 11 is 0. The highest BCUT2D eigenvalue weighted by atomic mass is 16.1. The Labute approximate surface area is 170 Å². The van der Waals surface area contributed by atoms with Crippen LogP contribution in [0.5, 0.6) is 0 Å². The molecule has 3 N–H and O–H groups in total. The zero-order valence-electron chi connectivity index (χ0n) is 16.8. The molecule has 29 heavy (non-hydrogen) atoms. The van der Waals surface area contributed by atoms with Crippen LogP contribution in [0.25, 0.3) is 11.3 Å². The van der Waals surface area contributed by atoms with Crippen LogP contribution in [0, 0.1) is 0 Å². The number of aromatic amines is 3. The van der Waals surface area contributed by atoms with Gasteiger partial charge in [0.25, 0.3) is 5.56 Å². The van der Waals surface area contributed by atoms with E-state index in [4.69, 9.17) is 0 Å². The zero-order valence-corrected chi connectivity index (χ0v) is 16.8. The quantitative estimate of drug-likeness (QED) is 0.622. The molecular formula is C22H28N6O. The molecule has 1 aliphatic heterocycles. The topological polar surface area (TPSA) is 93.5 Å². The number of nitrogens with one attached hydrogen (secondary N) is 3. The van der Waals surface area contributed by atoms with E-state index in [-0.39, 0.29) is 5.56 Å². The van der Waals surface area contributed by atoms with Gasteiger partial charge in [0.05, 0.1) is 17.0 Å². The average Bonchev–Trinajstić information content (AvgIpc) is 3.33. The standard InChI is InChI=1S/C22H28N6O/c29-22-16(13-25-27-22)21-20(23-8-9-24-21)12-19-17(14-28-10-4-1-5-11-28)15-6-2-3-7-18(15)26-19/h8-9,13,26H,1-7,10-12,14H2,(H2,25,27,29). The maximum Gasteiger partial charge on any atom is 0.273 e. The van der Waals surface area contributed by atoms with Crippen molar-refractivity contribution < 1.29 is 0 Å². The van der Waals surface area contributed by atoms with E-state index in [0.717, 1.165) is 18.7 Å². The minimum absolute atomic E-state index is 0.161. The third-order valence-corrected chi connectivity index (χ3v) is 6.35. The summed E-state index contributed by atoms with van der Waals surface area (Å²) < 4.78 is 0. The van der Waals surface area contributed by atoms with Gasteiger partial charge in [-0.15, -0.1) is 0 Å². The molecule has 3 aromatic rings. The summed E-state index contributed by atoms with van der Waals surface area (Å²) in [7, 11) is 0. The first-order chi connectivity index (χ1) is 14.3. The van der Waals surface area contributed by atoms with Gasteiger partial charge in [0.15, 0.2) is 0 Å². The molecule has 1 fully saturated rings. The number of rotatable bonds is 5. The Morgan fingerprint density at radius 1 is 1.00 bits per heavy atom. The molecule has 1 aliphatic carbocycles. The molecule has 0 amide bonds. The maximum atomic E-state index is 12.1. The number of piperidine rings is 1. The minimum atomic E-state index is -0.161. The Kier molecular flexibility index (Phi) is 5.06. The second kappa shape index (κ2) is 7.99. The highest BCUT2D eigenvalue weighted by Gasteiger charge is 2.24. The third kappa shape index (κ3) is 3.67. The van der Waals surface area contributed by atoms with Crippen molar-refractivity contribution in [2.45, 2.75) is 57.9 Å². The van der Waals surface area contributed by atoms with Crippen LogP contribution in [0.4, 0.5) is 0 Å². The first-order valence-electron chi connectivity index (χ1n) is 10.8. The highest BCUT2D eigenvalue weighted by molar-refractivity contribution is 5.60. The van der Waals surface area contributed by atoms with Gasteiger partial charge in [-0.05, 0) is 62.7 Å². The van der Waals surface area contributed by atoms with Gasteiger partial charge < -0.3 is 10.1 Å². The highest BCUT2D eigenvalue weighted by Crippen LogP contribution is 2.31. The second-order valence-electron chi connectivity index (χ2n) is 8.27. The van der Waals surface area contributed by atoms with Gasteiger partial charge >= 0.3 is 0 Å². The third-order valence-electron chi connectivity index (χ3n) is 6.35. The van der Waals surface area contributed by atoms with E-state index in [1.54, 1.807) is 18.6 Å². The first-order valence-corrected chi connectivity index (χ1v) is 10.8. The average molecular weight is 393 g/mol. The number of aryl methyl sites for hydroxylation is 1. The van der Waals surface area contributed by atoms with Crippen molar-refractivity contribution in [1.82, 2.24) is 30.0 Å². The van der Waals surface area contributed by atoms with Gasteiger partial charge in [-0.25, -0.2) is 0 Å². The van der Waals surface area contributed by atoms with E-state index < -0.39 is 0 Å². The Balaban J connectivity index is 1.51. The van der Waals surface area contributed by atoms with Crippen molar-refractivity contribution in [3.05, 3.63) is 57.2 Å². The van der Waals surface area contributed by atoms with Gasteiger partial charge in [-0.1, -0.05) is 6.42 Å². The summed E-state index contributed by atoms with van der Waals surface area (Å²) in [4.78, 5) is 27.6. The zero-order chi connectivity index (χ0) is 19.6. The smallest absolute Gasteiger partial charge is 0.273 e. The van der Waals surface area contributed by atoms with E-state index in [9.17, 15) is 4.79 Å². The van der Waals surface area contributed by atoms with Crippen molar-refractivity contribution in [2.75, 3.05) is 13.1 Å². The minimum Gasteiger partial charge on any atom is -0.361 e. The molecule has 2 aliphatic rings. The largest absolute Gasteiger partial charge is 0.361 e. The second-order valence-corrected chi connectivity index (χ2v) is 8.27. The van der Waals surface area contributed by atoms with Crippen LogP contribution in [0.3, 0.4) is 0 Å². The van der Waals surface area contributed by atoms with Gasteiger partial charge in [-0.3, -0.25) is 24.8 Å². The van der Waals surface area contributed by atoms with Crippen molar-refractivity contribution in [3.8, 4) is 11.3 Å². The fourth-order valence-electron chi connectivity index (χ4n) is 4.87. The van der Waals surface area contributed by atoms with Crippen LogP contribution in [-0.4, -0.2) is 43.1 Å². The lowest BCUT2D eigenvalue weighted by atomic mass is 9.93. The molecule has 0 atom stereocenters. The lowest BCUT2D eigenvalue weighted by Crippen LogP contribution is -2.29. The van der Waals surface area contributed by atoms with Crippen LogP contribution < -0.4 is 5.56 Å². The fourth-order valence-corrected chi connectivity index (χ4v) is 4.87. The van der Waals surface area contributed by atoms with E-state index in [1.165, 1.54) is 74.1 Å². The van der Waals surface area contributed by atoms with Gasteiger partial charge in [-0.2, -0.15) is 0 Å². The van der Waals surface area contributed by atoms with Crippen LogP contribution in [0.15, 0.2) is 23.4 Å². The molecule has 0 spiro atoms. The molecule has 0 bridgehead atoms. The molecule has 152 valence electrons. The molecular weight excluding hydrogens is 364 g/mol. The molecule has 3 aromatic heterocycles. The number of hydrogen-bond acceptors (Lipinski definition) is 4. The van der Waals surface area contributed by atoms with Gasteiger partial charge in [0, 0.05) is 42.9 Å². The monoisotopic (exact) mass is 392 g/mol. The Bertz CT molecular complexity index is 1040. The Hall–Kier alpha value is -2.67. The number of aromatic nitrogens is 5. The van der Waals surface area contributed by atoms with E-state index >= 15 is 0 Å². The lowest BCUT2D eigenvalue weighted by Gasteiger charge is -2.27. The lowest BCUT2D eigenvalue weighted by molar-refractivity contribution is 0.220. The van der Waals surface area contributed by atoms with Crippen molar-refractivity contribution >= 4 is 0 Å². The number of hydrogen-bond donors (Lipinski definition) is 3. The van der Waals surface area contributed by atoms with Crippen LogP contribution in [0.2, 0.25) is 0 Å². The van der Waals surface area contributed by atoms with Crippen molar-refractivity contribution in [2.24, 2.45) is 0 Å². The molecule has 0 aromatic carbocycles. The van der Waals surface area contributed by atoms with Crippen LogP contribution in [0.1, 0.15) is 60.3 Å². The normalized spacial score (nSPS) is 17.4. The fraction of sp³-hybridized carbons (Fsp3) is 0.500. The predicted octanol–water partition coefficient (Wildman–Crippen LogP) is 2.94. The molecule has 5 rings (SSSR count). The Morgan fingerprint density at radius 2 is 1.83 bits per heavy atom. The summed E-state index contributed by atoms with van der Waals surface area (Å²) in [5.74, 6) is 0. The molecule has 7 heteroatoms. The summed E-state index contributed by atoms with van der Waals surface area (Å²) in [5.41, 5.74) is 7.53. The molecule has 0 unspecified atom stereocenters. The van der Waals surface area contributed by atoms with E-state index in [2.05, 4.69) is 30.0 Å². The SMILES string of the molecule is O=c1[nH][nH]cc1-c1nccnc1Cc1[nH]c2c(c1CN1CCCCC1)CCCC2. The van der Waals surface area contributed by atoms with Crippen LogP contribution >= 0.6 is 0 Å². The summed E-state index contributed by atoms with van der Waals surface area (Å²) in [6.07, 6.45) is 14.5. The van der Waals surface area contributed by atoms with Gasteiger partial charge in [0.2, 0.25) is 0 Å². The maximum absolute atomic E-state index is 12.1.